The fraction of sp³-hybridized carbons (Fsp3) is 0.182. The van der Waals surface area contributed by atoms with Crippen LogP contribution in [-0.2, 0) is 9.84 Å². The third kappa shape index (κ3) is 3.15. The standard InChI is InChI=1S/C11H11N3O3S2/c1-7-10(18-14-13-7)11(15)12-8-3-5-9(6-4-8)19(2,16)17/h3-6H,1-2H3,(H,12,15). The number of benzene rings is 1. The van der Waals surface area contributed by atoms with Gasteiger partial charge in [-0.25, -0.2) is 8.42 Å². The van der Waals surface area contributed by atoms with Gasteiger partial charge in [-0.05, 0) is 42.7 Å². The van der Waals surface area contributed by atoms with Gasteiger partial charge in [0.1, 0.15) is 4.88 Å². The van der Waals surface area contributed by atoms with Crippen LogP contribution in [0.25, 0.3) is 0 Å². The third-order valence-electron chi connectivity index (χ3n) is 2.40. The molecule has 0 aliphatic heterocycles. The number of sulfone groups is 1. The minimum Gasteiger partial charge on any atom is -0.321 e. The monoisotopic (exact) mass is 297 g/mol. The largest absolute Gasteiger partial charge is 0.321 e. The van der Waals surface area contributed by atoms with E-state index in [9.17, 15) is 13.2 Å². The number of hydrogen-bond acceptors (Lipinski definition) is 6. The first-order chi connectivity index (χ1) is 8.88. The predicted molar refractivity (Wildman–Crippen MR) is 72.2 cm³/mol. The van der Waals surface area contributed by atoms with Gasteiger partial charge < -0.3 is 5.32 Å². The highest BCUT2D eigenvalue weighted by Gasteiger charge is 2.13. The molecule has 0 atom stereocenters. The Bertz CT molecular complexity index is 705. The summed E-state index contributed by atoms with van der Waals surface area (Å²) in [6.45, 7) is 1.70. The van der Waals surface area contributed by atoms with E-state index in [1.807, 2.05) is 0 Å². The summed E-state index contributed by atoms with van der Waals surface area (Å²) < 4.78 is 26.3. The van der Waals surface area contributed by atoms with Crippen molar-refractivity contribution in [3.05, 3.63) is 34.8 Å². The van der Waals surface area contributed by atoms with E-state index >= 15 is 0 Å². The highest BCUT2D eigenvalue weighted by Crippen LogP contribution is 2.16. The van der Waals surface area contributed by atoms with E-state index in [0.29, 0.717) is 16.3 Å². The molecule has 2 rings (SSSR count). The Labute approximate surface area is 114 Å². The second kappa shape index (κ2) is 5.06. The number of hydrogen-bond donors (Lipinski definition) is 1. The molecule has 2 aromatic rings. The number of nitrogens with zero attached hydrogens (tertiary/aromatic N) is 2. The second-order valence-corrected chi connectivity index (χ2v) is 6.71. The second-order valence-electron chi connectivity index (χ2n) is 3.94. The number of anilines is 1. The van der Waals surface area contributed by atoms with E-state index in [1.54, 1.807) is 6.92 Å². The van der Waals surface area contributed by atoms with E-state index in [4.69, 9.17) is 0 Å². The van der Waals surface area contributed by atoms with Crippen LogP contribution in [0, 0.1) is 6.92 Å². The van der Waals surface area contributed by atoms with Gasteiger partial charge in [-0.15, -0.1) is 5.10 Å². The average molecular weight is 297 g/mol. The number of amides is 1. The molecule has 8 heteroatoms. The van der Waals surface area contributed by atoms with E-state index in [-0.39, 0.29) is 10.8 Å². The van der Waals surface area contributed by atoms with E-state index in [2.05, 4.69) is 14.9 Å². The Morgan fingerprint density at radius 2 is 1.89 bits per heavy atom. The molecule has 0 aliphatic carbocycles. The van der Waals surface area contributed by atoms with Crippen molar-refractivity contribution in [3.63, 3.8) is 0 Å². The number of aryl methyl sites for hydroxylation is 1. The van der Waals surface area contributed by atoms with Crippen molar-refractivity contribution in [2.24, 2.45) is 0 Å². The molecule has 19 heavy (non-hydrogen) atoms. The smallest absolute Gasteiger partial charge is 0.269 e. The van der Waals surface area contributed by atoms with E-state index < -0.39 is 9.84 Å². The first-order valence-corrected chi connectivity index (χ1v) is 7.95. The molecule has 1 N–H and O–H groups in total. The molecule has 1 aromatic heterocycles. The molecule has 0 spiro atoms. The highest BCUT2D eigenvalue weighted by molar-refractivity contribution is 7.90. The Balaban J connectivity index is 2.17. The summed E-state index contributed by atoms with van der Waals surface area (Å²) in [7, 11) is -3.23. The van der Waals surface area contributed by atoms with E-state index in [0.717, 1.165) is 17.8 Å². The zero-order chi connectivity index (χ0) is 14.0. The molecule has 0 fully saturated rings. The number of rotatable bonds is 3. The molecule has 6 nitrogen and oxygen atoms in total. The first-order valence-electron chi connectivity index (χ1n) is 5.28. The lowest BCUT2D eigenvalue weighted by Crippen LogP contribution is -2.11. The Kier molecular flexibility index (Phi) is 3.63. The number of nitrogens with one attached hydrogen (secondary N) is 1. The van der Waals surface area contributed by atoms with Crippen LogP contribution in [0.5, 0.6) is 0 Å². The quantitative estimate of drug-likeness (QED) is 0.927. The molecule has 0 bridgehead atoms. The van der Waals surface area contributed by atoms with Crippen LogP contribution in [0.2, 0.25) is 0 Å². The summed E-state index contributed by atoms with van der Waals surface area (Å²) in [6, 6.07) is 5.97. The molecule has 0 saturated heterocycles. The molecule has 0 aliphatic rings. The Morgan fingerprint density at radius 3 is 2.37 bits per heavy atom. The molecule has 0 radical (unpaired) electrons. The van der Waals surface area contributed by atoms with Crippen LogP contribution in [-0.4, -0.2) is 30.2 Å². The Hall–Kier alpha value is -1.80. The molecule has 1 aromatic carbocycles. The fourth-order valence-electron chi connectivity index (χ4n) is 1.41. The fourth-order valence-corrected chi connectivity index (χ4v) is 2.60. The number of carbonyl (C=O) groups excluding carboxylic acids is 1. The minimum absolute atomic E-state index is 0.209. The van der Waals surface area contributed by atoms with Crippen molar-refractivity contribution in [1.82, 2.24) is 9.59 Å². The van der Waals surface area contributed by atoms with Gasteiger partial charge in [0.05, 0.1) is 10.6 Å². The normalized spacial score (nSPS) is 11.3. The zero-order valence-corrected chi connectivity index (χ0v) is 11.9. The van der Waals surface area contributed by atoms with Crippen LogP contribution in [0.1, 0.15) is 15.4 Å². The molecule has 100 valence electrons. The van der Waals surface area contributed by atoms with Gasteiger partial charge >= 0.3 is 0 Å². The summed E-state index contributed by atoms with van der Waals surface area (Å²) in [6.07, 6.45) is 1.13. The molecule has 0 saturated carbocycles. The molecule has 0 unspecified atom stereocenters. The lowest BCUT2D eigenvalue weighted by atomic mass is 10.3. The average Bonchev–Trinajstić information content (AvgIpc) is 2.75. The van der Waals surface area contributed by atoms with Gasteiger partial charge in [-0.3, -0.25) is 4.79 Å². The maximum atomic E-state index is 11.9. The number of aromatic nitrogens is 2. The number of carbonyl (C=O) groups is 1. The van der Waals surface area contributed by atoms with E-state index in [1.165, 1.54) is 24.3 Å². The lowest BCUT2D eigenvalue weighted by molar-refractivity contribution is 0.103. The van der Waals surface area contributed by atoms with Crippen LogP contribution in [0.4, 0.5) is 5.69 Å². The van der Waals surface area contributed by atoms with Crippen molar-refractivity contribution in [1.29, 1.82) is 0 Å². The van der Waals surface area contributed by atoms with Gasteiger partial charge in [0.15, 0.2) is 9.84 Å². The van der Waals surface area contributed by atoms with Crippen molar-refractivity contribution < 1.29 is 13.2 Å². The summed E-state index contributed by atoms with van der Waals surface area (Å²) in [5.41, 5.74) is 1.08. The molecular formula is C11H11N3O3S2. The van der Waals surface area contributed by atoms with Crippen LogP contribution in [0.3, 0.4) is 0 Å². The van der Waals surface area contributed by atoms with Gasteiger partial charge in [0.25, 0.3) is 5.91 Å². The van der Waals surface area contributed by atoms with Crippen molar-refractivity contribution in [2.75, 3.05) is 11.6 Å². The molecular weight excluding hydrogens is 286 g/mol. The molecule has 1 amide bonds. The van der Waals surface area contributed by atoms with Crippen molar-refractivity contribution in [3.8, 4) is 0 Å². The van der Waals surface area contributed by atoms with Gasteiger partial charge in [-0.2, -0.15) is 0 Å². The van der Waals surface area contributed by atoms with Crippen LogP contribution in [0.15, 0.2) is 29.2 Å². The summed E-state index contributed by atoms with van der Waals surface area (Å²) in [4.78, 5) is 12.5. The van der Waals surface area contributed by atoms with Crippen molar-refractivity contribution in [2.45, 2.75) is 11.8 Å². The van der Waals surface area contributed by atoms with Crippen molar-refractivity contribution >= 4 is 33.0 Å². The Morgan fingerprint density at radius 1 is 1.26 bits per heavy atom. The van der Waals surface area contributed by atoms with Gasteiger partial charge in [0.2, 0.25) is 0 Å². The van der Waals surface area contributed by atoms with Gasteiger partial charge in [0, 0.05) is 11.9 Å². The summed E-state index contributed by atoms with van der Waals surface area (Å²) >= 11 is 1.02. The first kappa shape index (κ1) is 13.6. The summed E-state index contributed by atoms with van der Waals surface area (Å²) in [5.74, 6) is -0.306. The maximum Gasteiger partial charge on any atom is 0.269 e. The third-order valence-corrected chi connectivity index (χ3v) is 4.35. The predicted octanol–water partition coefficient (Wildman–Crippen LogP) is 1.50. The zero-order valence-electron chi connectivity index (χ0n) is 10.2. The minimum atomic E-state index is -3.23. The van der Waals surface area contributed by atoms with Gasteiger partial charge in [-0.1, -0.05) is 4.49 Å². The highest BCUT2D eigenvalue weighted by atomic mass is 32.2. The SMILES string of the molecule is Cc1nnsc1C(=O)Nc1ccc(S(C)(=O)=O)cc1. The maximum absolute atomic E-state index is 11.9. The van der Waals surface area contributed by atoms with Crippen LogP contribution < -0.4 is 5.32 Å². The summed E-state index contributed by atoms with van der Waals surface area (Å²) in [5, 5.41) is 6.41. The van der Waals surface area contributed by atoms with Crippen LogP contribution >= 0.6 is 11.5 Å². The topological polar surface area (TPSA) is 89.0 Å². The lowest BCUT2D eigenvalue weighted by Gasteiger charge is -2.04. The molecule has 1 heterocycles.